The Kier molecular flexibility index (Phi) is 4.61. The van der Waals surface area contributed by atoms with Crippen molar-refractivity contribution in [3.8, 4) is 11.3 Å². The zero-order valence-electron chi connectivity index (χ0n) is 14.9. The van der Waals surface area contributed by atoms with Gasteiger partial charge in [-0.2, -0.15) is 0 Å². The summed E-state index contributed by atoms with van der Waals surface area (Å²) in [6.45, 7) is 6.35. The zero-order valence-corrected chi connectivity index (χ0v) is 15.7. The van der Waals surface area contributed by atoms with Crippen molar-refractivity contribution in [2.24, 2.45) is 5.92 Å². The Balaban J connectivity index is 1.37. The number of aromatic nitrogens is 1. The fraction of sp³-hybridized carbons (Fsp3) is 0.500. The summed E-state index contributed by atoms with van der Waals surface area (Å²) in [7, 11) is 0. The number of aryl methyl sites for hydroxylation is 2. The van der Waals surface area contributed by atoms with E-state index in [1.54, 1.807) is 0 Å². The number of likely N-dealkylation sites (tertiary alicyclic amines) is 1. The first-order chi connectivity index (χ1) is 12.1. The van der Waals surface area contributed by atoms with Crippen molar-refractivity contribution in [1.29, 1.82) is 0 Å². The van der Waals surface area contributed by atoms with E-state index in [1.807, 2.05) is 5.38 Å². The van der Waals surface area contributed by atoms with E-state index in [0.29, 0.717) is 5.13 Å². The molecule has 1 N–H and O–H groups in total. The number of amides is 1. The predicted octanol–water partition coefficient (Wildman–Crippen LogP) is 4.24. The molecular weight excluding hydrogens is 330 g/mol. The van der Waals surface area contributed by atoms with E-state index >= 15 is 0 Å². The second kappa shape index (κ2) is 6.89. The van der Waals surface area contributed by atoms with E-state index in [1.165, 1.54) is 35.3 Å². The fourth-order valence-electron chi connectivity index (χ4n) is 3.54. The Morgan fingerprint density at radius 3 is 2.60 bits per heavy atom. The molecule has 1 saturated heterocycles. The third-order valence-electron chi connectivity index (χ3n) is 5.50. The lowest BCUT2D eigenvalue weighted by atomic mass is 9.96. The molecule has 2 aliphatic rings. The average Bonchev–Trinajstić information content (AvgIpc) is 3.37. The maximum absolute atomic E-state index is 12.5. The van der Waals surface area contributed by atoms with Gasteiger partial charge in [0, 0.05) is 22.9 Å². The highest BCUT2D eigenvalue weighted by molar-refractivity contribution is 7.14. The number of piperidine rings is 1. The topological polar surface area (TPSA) is 45.2 Å². The third-order valence-corrected chi connectivity index (χ3v) is 6.26. The number of hydrogen-bond acceptors (Lipinski definition) is 4. The third kappa shape index (κ3) is 3.77. The van der Waals surface area contributed by atoms with Gasteiger partial charge in [0.25, 0.3) is 0 Å². The lowest BCUT2D eigenvalue weighted by Gasteiger charge is -2.31. The van der Waals surface area contributed by atoms with Crippen molar-refractivity contribution in [3.63, 3.8) is 0 Å². The normalized spacial score (nSPS) is 19.1. The van der Waals surface area contributed by atoms with Crippen molar-refractivity contribution < 1.29 is 4.79 Å². The number of hydrogen-bond donors (Lipinski definition) is 1. The Bertz CT molecular complexity index is 773. The van der Waals surface area contributed by atoms with Crippen molar-refractivity contribution in [1.82, 2.24) is 9.88 Å². The molecule has 2 aromatic rings. The van der Waals surface area contributed by atoms with Gasteiger partial charge in [0.05, 0.1) is 5.69 Å². The quantitative estimate of drug-likeness (QED) is 0.892. The SMILES string of the molecule is Cc1ccc(-c2csc(NC(=O)C3CCN(C4CC4)CC3)n2)cc1C. The van der Waals surface area contributed by atoms with Crippen LogP contribution in [0.4, 0.5) is 5.13 Å². The molecule has 5 heteroatoms. The van der Waals surface area contributed by atoms with Gasteiger partial charge in [0.15, 0.2) is 5.13 Å². The number of anilines is 1. The van der Waals surface area contributed by atoms with Crippen molar-refractivity contribution in [2.75, 3.05) is 18.4 Å². The van der Waals surface area contributed by atoms with Crippen LogP contribution >= 0.6 is 11.3 Å². The van der Waals surface area contributed by atoms with Crippen LogP contribution in [0, 0.1) is 19.8 Å². The minimum absolute atomic E-state index is 0.129. The fourth-order valence-corrected chi connectivity index (χ4v) is 4.26. The van der Waals surface area contributed by atoms with Gasteiger partial charge in [0.1, 0.15) is 0 Å². The number of thiazole rings is 1. The molecular formula is C20H25N3OS. The molecule has 1 aliphatic carbocycles. The van der Waals surface area contributed by atoms with Gasteiger partial charge in [-0.05, 0) is 69.8 Å². The first-order valence-electron chi connectivity index (χ1n) is 9.18. The first kappa shape index (κ1) is 16.7. The van der Waals surface area contributed by atoms with Gasteiger partial charge in [-0.3, -0.25) is 4.79 Å². The standard InChI is InChI=1S/C20H25N3OS/c1-13-3-4-16(11-14(13)2)18-12-25-20(21-18)22-19(24)15-7-9-23(10-8-15)17-5-6-17/h3-4,11-12,15,17H,5-10H2,1-2H3,(H,21,22,24). The second-order valence-corrected chi connectivity index (χ2v) is 8.23. The molecule has 0 radical (unpaired) electrons. The van der Waals surface area contributed by atoms with Gasteiger partial charge in [0.2, 0.25) is 5.91 Å². The van der Waals surface area contributed by atoms with Crippen LogP contribution in [0.3, 0.4) is 0 Å². The largest absolute Gasteiger partial charge is 0.302 e. The summed E-state index contributed by atoms with van der Waals surface area (Å²) in [5.74, 6) is 0.264. The molecule has 4 nitrogen and oxygen atoms in total. The number of benzene rings is 1. The summed E-state index contributed by atoms with van der Waals surface area (Å²) in [4.78, 5) is 19.7. The highest BCUT2D eigenvalue weighted by atomic mass is 32.1. The number of nitrogens with one attached hydrogen (secondary N) is 1. The van der Waals surface area contributed by atoms with E-state index in [-0.39, 0.29) is 11.8 Å². The number of carbonyl (C=O) groups excluding carboxylic acids is 1. The van der Waals surface area contributed by atoms with E-state index in [4.69, 9.17) is 0 Å². The Hall–Kier alpha value is -1.72. The number of nitrogens with zero attached hydrogens (tertiary/aromatic N) is 2. The van der Waals surface area contributed by atoms with Crippen LogP contribution in [-0.2, 0) is 4.79 Å². The monoisotopic (exact) mass is 355 g/mol. The Morgan fingerprint density at radius 2 is 1.92 bits per heavy atom. The second-order valence-electron chi connectivity index (χ2n) is 7.37. The Labute approximate surface area is 153 Å². The summed E-state index contributed by atoms with van der Waals surface area (Å²) in [5.41, 5.74) is 4.59. The van der Waals surface area contributed by atoms with Crippen LogP contribution in [0.15, 0.2) is 23.6 Å². The van der Waals surface area contributed by atoms with Gasteiger partial charge in [-0.15, -0.1) is 11.3 Å². The minimum atomic E-state index is 0.129. The van der Waals surface area contributed by atoms with Crippen LogP contribution in [0.2, 0.25) is 0 Å². The van der Waals surface area contributed by atoms with Crippen molar-refractivity contribution in [2.45, 2.75) is 45.6 Å². The minimum Gasteiger partial charge on any atom is -0.302 e. The zero-order chi connectivity index (χ0) is 17.4. The molecule has 1 saturated carbocycles. The van der Waals surface area contributed by atoms with E-state index < -0.39 is 0 Å². The van der Waals surface area contributed by atoms with Crippen LogP contribution in [0.5, 0.6) is 0 Å². The molecule has 0 spiro atoms. The molecule has 0 unspecified atom stereocenters. The predicted molar refractivity (Wildman–Crippen MR) is 103 cm³/mol. The molecule has 1 aromatic carbocycles. The molecule has 25 heavy (non-hydrogen) atoms. The molecule has 132 valence electrons. The van der Waals surface area contributed by atoms with Crippen LogP contribution in [0.25, 0.3) is 11.3 Å². The van der Waals surface area contributed by atoms with Gasteiger partial charge in [-0.1, -0.05) is 12.1 Å². The van der Waals surface area contributed by atoms with E-state index in [9.17, 15) is 4.79 Å². The van der Waals surface area contributed by atoms with E-state index in [0.717, 1.165) is 43.2 Å². The Morgan fingerprint density at radius 1 is 1.16 bits per heavy atom. The highest BCUT2D eigenvalue weighted by Crippen LogP contribution is 2.32. The van der Waals surface area contributed by atoms with Crippen molar-refractivity contribution in [3.05, 3.63) is 34.7 Å². The van der Waals surface area contributed by atoms with Gasteiger partial charge < -0.3 is 10.2 Å². The lowest BCUT2D eigenvalue weighted by molar-refractivity contribution is -0.121. The van der Waals surface area contributed by atoms with Crippen LogP contribution in [-0.4, -0.2) is 34.9 Å². The highest BCUT2D eigenvalue weighted by Gasteiger charge is 2.33. The van der Waals surface area contributed by atoms with Crippen LogP contribution < -0.4 is 5.32 Å². The first-order valence-corrected chi connectivity index (χ1v) is 10.1. The van der Waals surface area contributed by atoms with Crippen LogP contribution in [0.1, 0.15) is 36.8 Å². The van der Waals surface area contributed by atoms with E-state index in [2.05, 4.69) is 47.2 Å². The molecule has 1 aromatic heterocycles. The summed E-state index contributed by atoms with van der Waals surface area (Å²) in [5, 5.41) is 5.77. The number of carbonyl (C=O) groups is 1. The summed E-state index contributed by atoms with van der Waals surface area (Å²) in [6.07, 6.45) is 4.63. The molecule has 0 bridgehead atoms. The number of rotatable bonds is 4. The average molecular weight is 356 g/mol. The lowest BCUT2D eigenvalue weighted by Crippen LogP contribution is -2.39. The molecule has 1 aliphatic heterocycles. The maximum atomic E-state index is 12.5. The molecule has 2 heterocycles. The maximum Gasteiger partial charge on any atom is 0.229 e. The van der Waals surface area contributed by atoms with Gasteiger partial charge in [-0.25, -0.2) is 4.98 Å². The summed E-state index contributed by atoms with van der Waals surface area (Å²) >= 11 is 1.51. The molecule has 0 atom stereocenters. The summed E-state index contributed by atoms with van der Waals surface area (Å²) < 4.78 is 0. The van der Waals surface area contributed by atoms with Gasteiger partial charge >= 0.3 is 0 Å². The molecule has 1 amide bonds. The molecule has 4 rings (SSSR count). The van der Waals surface area contributed by atoms with Crippen molar-refractivity contribution >= 4 is 22.4 Å². The summed E-state index contributed by atoms with van der Waals surface area (Å²) in [6, 6.07) is 7.18. The smallest absolute Gasteiger partial charge is 0.229 e. The molecule has 2 fully saturated rings.